The lowest BCUT2D eigenvalue weighted by molar-refractivity contribution is -0.130. The molecule has 0 bridgehead atoms. The largest absolute Gasteiger partial charge is 0.368 e. The van der Waals surface area contributed by atoms with Crippen LogP contribution in [0, 0.1) is 13.8 Å². The lowest BCUT2D eigenvalue weighted by atomic mass is 10.1. The molecule has 0 N–H and O–H groups in total. The number of carbonyl (C=O) groups excluding carboxylic acids is 1. The first kappa shape index (κ1) is 18.2. The van der Waals surface area contributed by atoms with E-state index in [1.165, 1.54) is 27.4 Å². The molecule has 2 aromatic rings. The van der Waals surface area contributed by atoms with Gasteiger partial charge in [0.15, 0.2) is 0 Å². The fraction of sp³-hybridized carbons (Fsp3) is 0.409. The molecule has 0 atom stereocenters. The van der Waals surface area contributed by atoms with Crippen molar-refractivity contribution in [3.63, 3.8) is 0 Å². The van der Waals surface area contributed by atoms with Crippen LogP contribution in [0.3, 0.4) is 0 Å². The summed E-state index contributed by atoms with van der Waals surface area (Å²) in [7, 11) is 0. The molecular formula is C22H27N3OS. The van der Waals surface area contributed by atoms with Crippen LogP contribution >= 0.6 is 11.8 Å². The summed E-state index contributed by atoms with van der Waals surface area (Å²) in [4.78, 5) is 20.9. The summed E-state index contributed by atoms with van der Waals surface area (Å²) >= 11 is 1.88. The molecule has 0 aromatic heterocycles. The Morgan fingerprint density at radius 2 is 1.74 bits per heavy atom. The van der Waals surface area contributed by atoms with E-state index in [-0.39, 0.29) is 5.91 Å². The van der Waals surface area contributed by atoms with Crippen molar-refractivity contribution in [1.82, 2.24) is 4.90 Å². The van der Waals surface area contributed by atoms with Gasteiger partial charge in [-0.3, -0.25) is 4.79 Å². The second-order valence-corrected chi connectivity index (χ2v) is 8.53. The van der Waals surface area contributed by atoms with Gasteiger partial charge in [0.05, 0.1) is 12.2 Å². The Bertz CT molecular complexity index is 830. The topological polar surface area (TPSA) is 26.8 Å². The minimum Gasteiger partial charge on any atom is -0.368 e. The summed E-state index contributed by atoms with van der Waals surface area (Å²) in [6, 6.07) is 15.0. The summed E-state index contributed by atoms with van der Waals surface area (Å²) in [5.74, 6) is 1.29. The molecule has 4 rings (SSSR count). The average molecular weight is 382 g/mol. The average Bonchev–Trinajstić information content (AvgIpc) is 2.70. The minimum atomic E-state index is 0.248. The van der Waals surface area contributed by atoms with E-state index in [0.29, 0.717) is 6.54 Å². The van der Waals surface area contributed by atoms with E-state index in [1.54, 1.807) is 0 Å². The van der Waals surface area contributed by atoms with Gasteiger partial charge in [-0.15, -0.1) is 11.8 Å². The molecule has 1 saturated heterocycles. The molecule has 4 nitrogen and oxygen atoms in total. The summed E-state index contributed by atoms with van der Waals surface area (Å²) in [5.41, 5.74) is 5.11. The van der Waals surface area contributed by atoms with Crippen molar-refractivity contribution in [2.24, 2.45) is 0 Å². The van der Waals surface area contributed by atoms with Gasteiger partial charge in [0, 0.05) is 49.1 Å². The molecule has 2 aliphatic rings. The zero-order valence-electron chi connectivity index (χ0n) is 16.1. The summed E-state index contributed by atoms with van der Waals surface area (Å²) in [6.07, 6.45) is 0. The van der Waals surface area contributed by atoms with Crippen LogP contribution in [-0.2, 0) is 4.79 Å². The molecule has 0 radical (unpaired) electrons. The van der Waals surface area contributed by atoms with Crippen molar-refractivity contribution in [1.29, 1.82) is 0 Å². The molecule has 0 unspecified atom stereocenters. The Morgan fingerprint density at radius 1 is 0.963 bits per heavy atom. The smallest absolute Gasteiger partial charge is 0.242 e. The molecular weight excluding hydrogens is 354 g/mol. The SMILES string of the molecule is Cc1ccc(C)c(N2CCN(C(=O)CN3CCSc4ccccc43)CC2)c1. The number of hydrogen-bond acceptors (Lipinski definition) is 4. The third-order valence-corrected chi connectivity index (χ3v) is 6.53. The number of thioether (sulfide) groups is 1. The maximum absolute atomic E-state index is 12.9. The molecule has 0 aliphatic carbocycles. The third kappa shape index (κ3) is 3.93. The molecule has 2 heterocycles. The van der Waals surface area contributed by atoms with Crippen molar-refractivity contribution in [3.8, 4) is 0 Å². The fourth-order valence-electron chi connectivity index (χ4n) is 3.91. The zero-order chi connectivity index (χ0) is 18.8. The molecule has 2 aliphatic heterocycles. The van der Waals surface area contributed by atoms with E-state index >= 15 is 0 Å². The van der Waals surface area contributed by atoms with Crippen LogP contribution < -0.4 is 9.80 Å². The van der Waals surface area contributed by atoms with Crippen LogP contribution in [0.25, 0.3) is 0 Å². The highest BCUT2D eigenvalue weighted by atomic mass is 32.2. The number of anilines is 2. The number of rotatable bonds is 3. The number of nitrogens with zero attached hydrogens (tertiary/aromatic N) is 3. The molecule has 1 amide bonds. The van der Waals surface area contributed by atoms with Crippen molar-refractivity contribution < 1.29 is 4.79 Å². The first-order valence-corrected chi connectivity index (χ1v) is 10.7. The fourth-order valence-corrected chi connectivity index (χ4v) is 4.96. The number of carbonyl (C=O) groups is 1. The highest BCUT2D eigenvalue weighted by Gasteiger charge is 2.25. The molecule has 1 fully saturated rings. The van der Waals surface area contributed by atoms with Crippen molar-refractivity contribution in [3.05, 3.63) is 53.6 Å². The first-order valence-electron chi connectivity index (χ1n) is 9.68. The normalized spacial score (nSPS) is 17.0. The van der Waals surface area contributed by atoms with Gasteiger partial charge in [-0.1, -0.05) is 24.3 Å². The number of fused-ring (bicyclic) bond motifs is 1. The molecule has 0 saturated carbocycles. The lowest BCUT2D eigenvalue weighted by Gasteiger charge is -2.38. The van der Waals surface area contributed by atoms with Gasteiger partial charge < -0.3 is 14.7 Å². The predicted octanol–water partition coefficient (Wildman–Crippen LogP) is 3.56. The van der Waals surface area contributed by atoms with Gasteiger partial charge in [0.1, 0.15) is 0 Å². The molecule has 2 aromatic carbocycles. The van der Waals surface area contributed by atoms with Gasteiger partial charge in [-0.2, -0.15) is 0 Å². The van der Waals surface area contributed by atoms with Crippen molar-refractivity contribution >= 4 is 29.0 Å². The number of hydrogen-bond donors (Lipinski definition) is 0. The van der Waals surface area contributed by atoms with E-state index in [4.69, 9.17) is 0 Å². The third-order valence-electron chi connectivity index (χ3n) is 5.49. The molecule has 0 spiro atoms. The molecule has 142 valence electrons. The number of benzene rings is 2. The van der Waals surface area contributed by atoms with Crippen LogP contribution in [0.4, 0.5) is 11.4 Å². The Hall–Kier alpha value is -2.14. The monoisotopic (exact) mass is 381 g/mol. The van der Waals surface area contributed by atoms with Gasteiger partial charge in [-0.05, 0) is 43.2 Å². The highest BCUT2D eigenvalue weighted by Crippen LogP contribution is 2.34. The Kier molecular flexibility index (Phi) is 5.30. The zero-order valence-corrected chi connectivity index (χ0v) is 17.0. The van der Waals surface area contributed by atoms with Gasteiger partial charge in [0.25, 0.3) is 0 Å². The van der Waals surface area contributed by atoms with Crippen LogP contribution in [0.5, 0.6) is 0 Å². The Balaban J connectivity index is 1.38. The second kappa shape index (κ2) is 7.85. The maximum Gasteiger partial charge on any atom is 0.242 e. The maximum atomic E-state index is 12.9. The standard InChI is InChI=1S/C22H27N3OS/c1-17-7-8-18(2)20(15-17)23-9-11-24(12-10-23)22(26)16-25-13-14-27-21-6-4-3-5-19(21)25/h3-8,15H,9-14,16H2,1-2H3. The van der Waals surface area contributed by atoms with Crippen LogP contribution in [-0.4, -0.2) is 55.8 Å². The summed E-state index contributed by atoms with van der Waals surface area (Å²) in [5, 5.41) is 0. The lowest BCUT2D eigenvalue weighted by Crippen LogP contribution is -2.52. The number of piperazine rings is 1. The van der Waals surface area contributed by atoms with Crippen LogP contribution in [0.1, 0.15) is 11.1 Å². The van der Waals surface area contributed by atoms with Crippen molar-refractivity contribution in [2.45, 2.75) is 18.7 Å². The Morgan fingerprint density at radius 3 is 2.56 bits per heavy atom. The van der Waals surface area contributed by atoms with E-state index in [0.717, 1.165) is 38.5 Å². The van der Waals surface area contributed by atoms with Crippen LogP contribution in [0.15, 0.2) is 47.4 Å². The first-order chi connectivity index (χ1) is 13.1. The second-order valence-electron chi connectivity index (χ2n) is 7.40. The number of para-hydroxylation sites is 1. The summed E-state index contributed by atoms with van der Waals surface area (Å²) < 4.78 is 0. The van der Waals surface area contributed by atoms with E-state index < -0.39 is 0 Å². The van der Waals surface area contributed by atoms with Gasteiger partial charge in [-0.25, -0.2) is 0 Å². The van der Waals surface area contributed by atoms with E-state index in [9.17, 15) is 4.79 Å². The minimum absolute atomic E-state index is 0.248. The number of aryl methyl sites for hydroxylation is 2. The van der Waals surface area contributed by atoms with Gasteiger partial charge >= 0.3 is 0 Å². The quantitative estimate of drug-likeness (QED) is 0.812. The predicted molar refractivity (Wildman–Crippen MR) is 114 cm³/mol. The van der Waals surface area contributed by atoms with Crippen LogP contribution in [0.2, 0.25) is 0 Å². The van der Waals surface area contributed by atoms with E-state index in [1.807, 2.05) is 16.7 Å². The number of amides is 1. The summed E-state index contributed by atoms with van der Waals surface area (Å²) in [6.45, 7) is 9.14. The Labute approximate surface area is 166 Å². The highest BCUT2D eigenvalue weighted by molar-refractivity contribution is 7.99. The molecule has 27 heavy (non-hydrogen) atoms. The van der Waals surface area contributed by atoms with Crippen molar-refractivity contribution in [2.75, 3.05) is 54.8 Å². The van der Waals surface area contributed by atoms with Gasteiger partial charge in [0.2, 0.25) is 5.91 Å². The van der Waals surface area contributed by atoms with E-state index in [2.05, 4.69) is 66.1 Å². The molecule has 5 heteroatoms.